The van der Waals surface area contributed by atoms with Gasteiger partial charge in [0.15, 0.2) is 0 Å². The summed E-state index contributed by atoms with van der Waals surface area (Å²) in [5, 5.41) is 10.6. The SMILES string of the molecule is CCC(C)(C)c1ccccc1[C@H](O)c1ccccc1. The fourth-order valence-electron chi connectivity index (χ4n) is 2.36. The minimum Gasteiger partial charge on any atom is -0.384 e. The number of rotatable bonds is 4. The Morgan fingerprint density at radius 3 is 2.16 bits per heavy atom. The molecule has 0 aliphatic rings. The predicted molar refractivity (Wildman–Crippen MR) is 80.3 cm³/mol. The van der Waals surface area contributed by atoms with Crippen molar-refractivity contribution in [3.8, 4) is 0 Å². The lowest BCUT2D eigenvalue weighted by atomic mass is 9.78. The summed E-state index contributed by atoms with van der Waals surface area (Å²) >= 11 is 0. The standard InChI is InChI=1S/C18H22O/c1-4-18(2,3)16-13-9-8-12-15(16)17(19)14-10-6-5-7-11-14/h5-13,17,19H,4H2,1-3H3/t17-/m1/s1. The van der Waals surface area contributed by atoms with Crippen molar-refractivity contribution in [3.63, 3.8) is 0 Å². The normalized spacial score (nSPS) is 13.3. The van der Waals surface area contributed by atoms with Crippen LogP contribution in [0.1, 0.15) is 50.0 Å². The maximum absolute atomic E-state index is 10.6. The second kappa shape index (κ2) is 5.58. The lowest BCUT2D eigenvalue weighted by Gasteiger charge is -2.28. The van der Waals surface area contributed by atoms with Crippen molar-refractivity contribution in [2.24, 2.45) is 0 Å². The molecule has 1 N–H and O–H groups in total. The first-order valence-electron chi connectivity index (χ1n) is 6.88. The van der Waals surface area contributed by atoms with Crippen LogP contribution in [0.4, 0.5) is 0 Å². The van der Waals surface area contributed by atoms with Crippen LogP contribution in [0.25, 0.3) is 0 Å². The third-order valence-corrected chi connectivity index (χ3v) is 3.98. The summed E-state index contributed by atoms with van der Waals surface area (Å²) in [7, 11) is 0. The molecule has 0 saturated heterocycles. The molecule has 2 aromatic rings. The molecule has 0 heterocycles. The van der Waals surface area contributed by atoms with Crippen LogP contribution in [0.2, 0.25) is 0 Å². The zero-order valence-corrected chi connectivity index (χ0v) is 11.9. The third kappa shape index (κ3) is 2.87. The lowest BCUT2D eigenvalue weighted by Crippen LogP contribution is -2.19. The molecule has 0 saturated carbocycles. The van der Waals surface area contributed by atoms with E-state index in [1.165, 1.54) is 5.56 Å². The van der Waals surface area contributed by atoms with Gasteiger partial charge in [-0.15, -0.1) is 0 Å². The third-order valence-electron chi connectivity index (χ3n) is 3.98. The summed E-state index contributed by atoms with van der Waals surface area (Å²) < 4.78 is 0. The summed E-state index contributed by atoms with van der Waals surface area (Å²) in [6.07, 6.45) is 0.495. The molecule has 0 aromatic heterocycles. The van der Waals surface area contributed by atoms with Gasteiger partial charge in [0.2, 0.25) is 0 Å². The van der Waals surface area contributed by atoms with Gasteiger partial charge in [-0.2, -0.15) is 0 Å². The van der Waals surface area contributed by atoms with E-state index in [-0.39, 0.29) is 5.41 Å². The summed E-state index contributed by atoms with van der Waals surface area (Å²) in [4.78, 5) is 0. The van der Waals surface area contributed by atoms with Crippen molar-refractivity contribution < 1.29 is 5.11 Å². The van der Waals surface area contributed by atoms with Crippen LogP contribution >= 0.6 is 0 Å². The number of aliphatic hydroxyl groups is 1. The largest absolute Gasteiger partial charge is 0.384 e. The van der Waals surface area contributed by atoms with Gasteiger partial charge in [-0.05, 0) is 28.5 Å². The van der Waals surface area contributed by atoms with Crippen molar-refractivity contribution in [2.45, 2.75) is 38.7 Å². The molecule has 100 valence electrons. The van der Waals surface area contributed by atoms with Gasteiger partial charge in [0.05, 0.1) is 0 Å². The van der Waals surface area contributed by atoms with E-state index in [0.29, 0.717) is 0 Å². The molecule has 0 radical (unpaired) electrons. The minimum atomic E-state index is -0.553. The maximum Gasteiger partial charge on any atom is 0.104 e. The van der Waals surface area contributed by atoms with Crippen molar-refractivity contribution in [1.82, 2.24) is 0 Å². The number of benzene rings is 2. The first kappa shape index (κ1) is 13.8. The first-order chi connectivity index (χ1) is 9.06. The maximum atomic E-state index is 10.6. The monoisotopic (exact) mass is 254 g/mol. The smallest absolute Gasteiger partial charge is 0.104 e. The van der Waals surface area contributed by atoms with Gasteiger partial charge in [0.25, 0.3) is 0 Å². The molecule has 0 bridgehead atoms. The number of hydrogen-bond acceptors (Lipinski definition) is 1. The highest BCUT2D eigenvalue weighted by Crippen LogP contribution is 2.34. The summed E-state index contributed by atoms with van der Waals surface area (Å²) in [5.74, 6) is 0. The van der Waals surface area contributed by atoms with Gasteiger partial charge in [-0.25, -0.2) is 0 Å². The highest BCUT2D eigenvalue weighted by Gasteiger charge is 2.24. The Bertz CT molecular complexity index is 528. The van der Waals surface area contributed by atoms with Gasteiger partial charge in [0, 0.05) is 0 Å². The van der Waals surface area contributed by atoms with Crippen molar-refractivity contribution in [3.05, 3.63) is 71.3 Å². The Morgan fingerprint density at radius 2 is 1.53 bits per heavy atom. The number of hydrogen-bond donors (Lipinski definition) is 1. The van der Waals surface area contributed by atoms with Crippen LogP contribution in [-0.4, -0.2) is 5.11 Å². The molecule has 2 rings (SSSR count). The predicted octanol–water partition coefficient (Wildman–Crippen LogP) is 4.46. The zero-order valence-electron chi connectivity index (χ0n) is 11.9. The van der Waals surface area contributed by atoms with E-state index < -0.39 is 6.10 Å². The van der Waals surface area contributed by atoms with Crippen molar-refractivity contribution in [2.75, 3.05) is 0 Å². The van der Waals surface area contributed by atoms with E-state index in [2.05, 4.69) is 26.8 Å². The second-order valence-electron chi connectivity index (χ2n) is 5.64. The van der Waals surface area contributed by atoms with Gasteiger partial charge in [0.1, 0.15) is 6.10 Å². The first-order valence-corrected chi connectivity index (χ1v) is 6.88. The molecular formula is C18H22O. The Labute approximate surface area is 115 Å². The van der Waals surface area contributed by atoms with Crippen LogP contribution in [0.3, 0.4) is 0 Å². The van der Waals surface area contributed by atoms with E-state index in [4.69, 9.17) is 0 Å². The molecule has 19 heavy (non-hydrogen) atoms. The Balaban J connectivity index is 2.46. The van der Waals surface area contributed by atoms with Crippen LogP contribution in [-0.2, 0) is 5.41 Å². The fourth-order valence-corrected chi connectivity index (χ4v) is 2.36. The molecule has 1 heteroatoms. The van der Waals surface area contributed by atoms with Gasteiger partial charge in [-0.3, -0.25) is 0 Å². The molecule has 0 amide bonds. The van der Waals surface area contributed by atoms with Crippen LogP contribution in [0, 0.1) is 0 Å². The Hall–Kier alpha value is -1.60. The Morgan fingerprint density at radius 1 is 0.947 bits per heavy atom. The molecule has 1 nitrogen and oxygen atoms in total. The van der Waals surface area contributed by atoms with E-state index in [9.17, 15) is 5.11 Å². The molecule has 2 aromatic carbocycles. The summed E-state index contributed by atoms with van der Waals surface area (Å²) in [5.41, 5.74) is 3.27. The number of aliphatic hydroxyl groups excluding tert-OH is 1. The van der Waals surface area contributed by atoms with Crippen LogP contribution in [0.15, 0.2) is 54.6 Å². The molecular weight excluding hydrogens is 232 g/mol. The molecule has 1 atom stereocenters. The average Bonchev–Trinajstić information content (AvgIpc) is 2.47. The van der Waals surface area contributed by atoms with Crippen molar-refractivity contribution >= 4 is 0 Å². The molecule has 0 unspecified atom stereocenters. The average molecular weight is 254 g/mol. The van der Waals surface area contributed by atoms with Crippen LogP contribution in [0.5, 0.6) is 0 Å². The second-order valence-corrected chi connectivity index (χ2v) is 5.64. The van der Waals surface area contributed by atoms with Crippen LogP contribution < -0.4 is 0 Å². The van der Waals surface area contributed by atoms with E-state index >= 15 is 0 Å². The lowest BCUT2D eigenvalue weighted by molar-refractivity contribution is 0.217. The highest BCUT2D eigenvalue weighted by atomic mass is 16.3. The van der Waals surface area contributed by atoms with Crippen molar-refractivity contribution in [1.29, 1.82) is 0 Å². The highest BCUT2D eigenvalue weighted by molar-refractivity contribution is 5.39. The van der Waals surface area contributed by atoms with Gasteiger partial charge in [-0.1, -0.05) is 75.4 Å². The fraction of sp³-hybridized carbons (Fsp3) is 0.333. The minimum absolute atomic E-state index is 0.0757. The van der Waals surface area contributed by atoms with E-state index in [1.807, 2.05) is 48.5 Å². The van der Waals surface area contributed by atoms with Gasteiger partial charge < -0.3 is 5.11 Å². The quantitative estimate of drug-likeness (QED) is 0.854. The molecule has 0 aliphatic heterocycles. The summed E-state index contributed by atoms with van der Waals surface area (Å²) in [6.45, 7) is 6.64. The molecule has 0 fully saturated rings. The summed E-state index contributed by atoms with van der Waals surface area (Å²) in [6, 6.07) is 18.1. The topological polar surface area (TPSA) is 20.2 Å². The van der Waals surface area contributed by atoms with E-state index in [1.54, 1.807) is 0 Å². The van der Waals surface area contributed by atoms with Gasteiger partial charge >= 0.3 is 0 Å². The Kier molecular flexibility index (Phi) is 4.06. The molecule has 0 spiro atoms. The molecule has 0 aliphatic carbocycles. The van der Waals surface area contributed by atoms with E-state index in [0.717, 1.165) is 17.5 Å². The zero-order chi connectivity index (χ0) is 13.9.